The van der Waals surface area contributed by atoms with E-state index in [0.29, 0.717) is 23.8 Å². The minimum Gasteiger partial charge on any atom is -0.319 e. The van der Waals surface area contributed by atoms with Crippen LogP contribution in [0.15, 0.2) is 18.3 Å². The van der Waals surface area contributed by atoms with E-state index in [-0.39, 0.29) is 5.91 Å². The summed E-state index contributed by atoms with van der Waals surface area (Å²) in [6.07, 6.45) is 1.93. The number of nitrogens with one attached hydrogen (secondary N) is 2. The van der Waals surface area contributed by atoms with Crippen LogP contribution < -0.4 is 10.6 Å². The summed E-state index contributed by atoms with van der Waals surface area (Å²) in [5.74, 6) is 0.463. The number of hydrogen-bond acceptors (Lipinski definition) is 3. The molecule has 76 valence electrons. The third-order valence-electron chi connectivity index (χ3n) is 1.60. The number of rotatable bonds is 4. The fourth-order valence-corrected chi connectivity index (χ4v) is 1.01. The zero-order valence-corrected chi connectivity index (χ0v) is 8.64. The van der Waals surface area contributed by atoms with E-state index in [4.69, 9.17) is 11.6 Å². The molecule has 0 unspecified atom stereocenters. The van der Waals surface area contributed by atoms with E-state index in [1.807, 2.05) is 0 Å². The number of pyridine rings is 1. The fourth-order valence-electron chi connectivity index (χ4n) is 0.894. The molecule has 0 aromatic carbocycles. The van der Waals surface area contributed by atoms with Crippen LogP contribution in [0.25, 0.3) is 0 Å². The van der Waals surface area contributed by atoms with Gasteiger partial charge in [-0.3, -0.25) is 4.79 Å². The van der Waals surface area contributed by atoms with Gasteiger partial charge in [-0.25, -0.2) is 4.98 Å². The van der Waals surface area contributed by atoms with Gasteiger partial charge < -0.3 is 10.6 Å². The molecule has 0 saturated heterocycles. The van der Waals surface area contributed by atoms with Crippen LogP contribution in [0.2, 0.25) is 5.02 Å². The number of nitrogens with zero attached hydrogens (tertiary/aromatic N) is 1. The lowest BCUT2D eigenvalue weighted by molar-refractivity contribution is -0.116. The Morgan fingerprint density at radius 2 is 2.36 bits per heavy atom. The average Bonchev–Trinajstić information content (AvgIpc) is 2.18. The first-order valence-corrected chi connectivity index (χ1v) is 4.66. The largest absolute Gasteiger partial charge is 0.319 e. The third-order valence-corrected chi connectivity index (χ3v) is 1.82. The van der Waals surface area contributed by atoms with Crippen LogP contribution in [0.1, 0.15) is 6.42 Å². The second kappa shape index (κ2) is 5.57. The van der Waals surface area contributed by atoms with Gasteiger partial charge in [0.15, 0.2) is 0 Å². The molecule has 0 atom stereocenters. The first kappa shape index (κ1) is 10.9. The first-order valence-electron chi connectivity index (χ1n) is 4.28. The minimum atomic E-state index is -0.0610. The number of halogens is 1. The third kappa shape index (κ3) is 3.72. The molecule has 0 bridgehead atoms. The predicted octanol–water partition coefficient (Wildman–Crippen LogP) is 1.28. The van der Waals surface area contributed by atoms with Crippen molar-refractivity contribution in [3.63, 3.8) is 0 Å². The van der Waals surface area contributed by atoms with Crippen molar-refractivity contribution >= 4 is 23.3 Å². The summed E-state index contributed by atoms with van der Waals surface area (Å²) in [6, 6.07) is 3.35. The molecule has 1 aromatic rings. The average molecular weight is 214 g/mol. The predicted molar refractivity (Wildman–Crippen MR) is 56.4 cm³/mol. The Balaban J connectivity index is 2.44. The van der Waals surface area contributed by atoms with Crippen molar-refractivity contribution in [2.24, 2.45) is 0 Å². The molecule has 0 aliphatic heterocycles. The maximum absolute atomic E-state index is 11.2. The lowest BCUT2D eigenvalue weighted by Crippen LogP contribution is -2.19. The SMILES string of the molecule is CNCCC(=O)Nc1ccc(Cl)cn1. The second-order valence-electron chi connectivity index (χ2n) is 2.76. The Bertz CT molecular complexity index is 299. The number of anilines is 1. The summed E-state index contributed by atoms with van der Waals surface area (Å²) in [7, 11) is 1.80. The minimum absolute atomic E-state index is 0.0610. The van der Waals surface area contributed by atoms with Crippen molar-refractivity contribution in [3.05, 3.63) is 23.4 Å². The van der Waals surface area contributed by atoms with E-state index in [9.17, 15) is 4.79 Å². The Morgan fingerprint density at radius 1 is 1.57 bits per heavy atom. The van der Waals surface area contributed by atoms with Crippen LogP contribution in [0.3, 0.4) is 0 Å². The molecule has 5 heteroatoms. The van der Waals surface area contributed by atoms with Gasteiger partial charge in [-0.1, -0.05) is 11.6 Å². The van der Waals surface area contributed by atoms with Gasteiger partial charge in [0, 0.05) is 19.2 Å². The molecule has 4 nitrogen and oxygen atoms in total. The lowest BCUT2D eigenvalue weighted by Gasteiger charge is -2.03. The Labute approximate surface area is 87.7 Å². The van der Waals surface area contributed by atoms with Gasteiger partial charge in [-0.2, -0.15) is 0 Å². The van der Waals surface area contributed by atoms with E-state index in [1.165, 1.54) is 6.20 Å². The maximum atomic E-state index is 11.2. The second-order valence-corrected chi connectivity index (χ2v) is 3.20. The highest BCUT2D eigenvalue weighted by Crippen LogP contribution is 2.09. The van der Waals surface area contributed by atoms with Gasteiger partial charge in [0.2, 0.25) is 5.91 Å². The molecule has 1 heterocycles. The summed E-state index contributed by atoms with van der Waals surface area (Å²) >= 11 is 5.65. The van der Waals surface area contributed by atoms with Crippen molar-refractivity contribution in [2.75, 3.05) is 18.9 Å². The molecule has 0 saturated carbocycles. The molecule has 1 aromatic heterocycles. The number of carbonyl (C=O) groups is 1. The highest BCUT2D eigenvalue weighted by atomic mass is 35.5. The van der Waals surface area contributed by atoms with Crippen molar-refractivity contribution in [1.82, 2.24) is 10.3 Å². The standard InChI is InChI=1S/C9H12ClN3O/c1-11-5-4-9(14)13-8-3-2-7(10)6-12-8/h2-3,6,11H,4-5H2,1H3,(H,12,13,14). The van der Waals surface area contributed by atoms with E-state index in [2.05, 4.69) is 15.6 Å². The summed E-state index contributed by atoms with van der Waals surface area (Å²) < 4.78 is 0. The van der Waals surface area contributed by atoms with E-state index in [0.717, 1.165) is 0 Å². The summed E-state index contributed by atoms with van der Waals surface area (Å²) in [5, 5.41) is 6.10. The maximum Gasteiger partial charge on any atom is 0.226 e. The fraction of sp³-hybridized carbons (Fsp3) is 0.333. The first-order chi connectivity index (χ1) is 6.72. The van der Waals surface area contributed by atoms with Crippen LogP contribution in [0, 0.1) is 0 Å². The topological polar surface area (TPSA) is 54.0 Å². The van der Waals surface area contributed by atoms with E-state index in [1.54, 1.807) is 19.2 Å². The highest BCUT2D eigenvalue weighted by Gasteiger charge is 2.01. The highest BCUT2D eigenvalue weighted by molar-refractivity contribution is 6.30. The monoisotopic (exact) mass is 213 g/mol. The Kier molecular flexibility index (Phi) is 4.35. The van der Waals surface area contributed by atoms with Gasteiger partial charge in [-0.15, -0.1) is 0 Å². The quantitative estimate of drug-likeness (QED) is 0.793. The molecule has 0 fully saturated rings. The zero-order valence-electron chi connectivity index (χ0n) is 7.88. The van der Waals surface area contributed by atoms with E-state index >= 15 is 0 Å². The molecule has 1 rings (SSSR count). The van der Waals surface area contributed by atoms with Gasteiger partial charge in [0.05, 0.1) is 5.02 Å². The molecule has 14 heavy (non-hydrogen) atoms. The van der Waals surface area contributed by atoms with Gasteiger partial charge in [-0.05, 0) is 19.2 Å². The zero-order chi connectivity index (χ0) is 10.4. The van der Waals surface area contributed by atoms with Crippen LogP contribution in [0.5, 0.6) is 0 Å². The van der Waals surface area contributed by atoms with Crippen molar-refractivity contribution in [2.45, 2.75) is 6.42 Å². The van der Waals surface area contributed by atoms with Gasteiger partial charge in [0.25, 0.3) is 0 Å². The molecular weight excluding hydrogens is 202 g/mol. The molecular formula is C9H12ClN3O. The lowest BCUT2D eigenvalue weighted by atomic mass is 10.4. The number of carbonyl (C=O) groups excluding carboxylic acids is 1. The normalized spacial score (nSPS) is 9.86. The van der Waals surface area contributed by atoms with Gasteiger partial charge >= 0.3 is 0 Å². The molecule has 0 aliphatic carbocycles. The van der Waals surface area contributed by atoms with Gasteiger partial charge in [0.1, 0.15) is 5.82 Å². The number of hydrogen-bond donors (Lipinski definition) is 2. The Morgan fingerprint density at radius 3 is 2.93 bits per heavy atom. The smallest absolute Gasteiger partial charge is 0.226 e. The summed E-state index contributed by atoms with van der Waals surface area (Å²) in [6.45, 7) is 0.652. The van der Waals surface area contributed by atoms with Crippen LogP contribution >= 0.6 is 11.6 Å². The number of aromatic nitrogens is 1. The van der Waals surface area contributed by atoms with Crippen molar-refractivity contribution in [3.8, 4) is 0 Å². The van der Waals surface area contributed by atoms with Crippen LogP contribution in [-0.2, 0) is 4.79 Å². The Hall–Kier alpha value is -1.13. The van der Waals surface area contributed by atoms with Crippen LogP contribution in [0.4, 0.5) is 5.82 Å². The molecule has 0 aliphatic rings. The molecule has 2 N–H and O–H groups in total. The van der Waals surface area contributed by atoms with Crippen molar-refractivity contribution in [1.29, 1.82) is 0 Å². The summed E-state index contributed by atoms with van der Waals surface area (Å²) in [5.41, 5.74) is 0. The molecule has 1 amide bonds. The van der Waals surface area contributed by atoms with Crippen molar-refractivity contribution < 1.29 is 4.79 Å². The molecule has 0 radical (unpaired) electrons. The van der Waals surface area contributed by atoms with E-state index < -0.39 is 0 Å². The summed E-state index contributed by atoms with van der Waals surface area (Å²) in [4.78, 5) is 15.2. The molecule has 0 spiro atoms. The van der Waals surface area contributed by atoms with Crippen LogP contribution in [-0.4, -0.2) is 24.5 Å². The number of amides is 1.